The molecule has 40 heavy (non-hydrogen) atoms. The third-order valence-corrected chi connectivity index (χ3v) is 8.01. The number of hydrogen-bond donors (Lipinski definition) is 1. The first-order valence-corrected chi connectivity index (χ1v) is 14.4. The first-order chi connectivity index (χ1) is 19.2. The van der Waals surface area contributed by atoms with Crippen LogP contribution < -0.4 is 14.8 Å². The number of ether oxygens (including phenoxy) is 4. The van der Waals surface area contributed by atoms with Crippen molar-refractivity contribution < 1.29 is 28.5 Å². The maximum Gasteiger partial charge on any atom is 0.408 e. The third-order valence-electron chi connectivity index (χ3n) is 8.01. The molecule has 0 saturated carbocycles. The molecule has 2 aromatic carbocycles. The molecule has 4 atom stereocenters. The molecule has 0 aliphatic carbocycles. The summed E-state index contributed by atoms with van der Waals surface area (Å²) in [6, 6.07) is 12.9. The van der Waals surface area contributed by atoms with Crippen LogP contribution in [0.3, 0.4) is 0 Å². The number of hydrogen-bond acceptors (Lipinski definition) is 7. The van der Waals surface area contributed by atoms with Gasteiger partial charge in [0.2, 0.25) is 0 Å². The van der Waals surface area contributed by atoms with Crippen LogP contribution in [0.25, 0.3) is 0 Å². The summed E-state index contributed by atoms with van der Waals surface area (Å²) in [4.78, 5) is 28.7. The van der Waals surface area contributed by atoms with E-state index in [1.807, 2.05) is 44.2 Å². The molecule has 0 spiro atoms. The second kappa shape index (κ2) is 13.4. The number of benzene rings is 2. The van der Waals surface area contributed by atoms with E-state index in [4.69, 9.17) is 18.9 Å². The van der Waals surface area contributed by atoms with Gasteiger partial charge in [-0.3, -0.25) is 4.90 Å². The van der Waals surface area contributed by atoms with Crippen LogP contribution in [0.2, 0.25) is 0 Å². The second-order valence-corrected chi connectivity index (χ2v) is 11.7. The molecule has 8 nitrogen and oxygen atoms in total. The number of alkyl carbamates (subject to hydrolysis) is 1. The second-order valence-electron chi connectivity index (χ2n) is 11.7. The average molecular weight is 553 g/mol. The fourth-order valence-corrected chi connectivity index (χ4v) is 5.99. The van der Waals surface area contributed by atoms with Gasteiger partial charge in [-0.2, -0.15) is 0 Å². The van der Waals surface area contributed by atoms with E-state index in [0.717, 1.165) is 37.2 Å². The number of fused-ring (bicyclic) bond motifs is 3. The third kappa shape index (κ3) is 7.08. The van der Waals surface area contributed by atoms with E-state index in [0.29, 0.717) is 18.1 Å². The van der Waals surface area contributed by atoms with Gasteiger partial charge in [-0.25, -0.2) is 9.59 Å². The number of nitrogens with zero attached hydrogens (tertiary/aromatic N) is 1. The average Bonchev–Trinajstić information content (AvgIpc) is 2.94. The van der Waals surface area contributed by atoms with Crippen LogP contribution in [0.1, 0.15) is 63.3 Å². The standard InChI is InChI=1S/C32H44N2O6/c1-20(2)14-24-18-34-13-12-23-15-28(37-5)29(38-6)16-25(23)26(34)17-27(24)40-31(35)30(21(3)4)33-32(36)39-19-22-10-8-7-9-11-22/h7-11,15-16,20-21,24,26-27,30H,12-14,17-19H2,1-6H3,(H,33,36)/t24-,26-,27?,30-/m1/s1. The molecule has 1 fully saturated rings. The van der Waals surface area contributed by atoms with Crippen LogP contribution in [0.15, 0.2) is 42.5 Å². The van der Waals surface area contributed by atoms with Crippen LogP contribution in [0, 0.1) is 17.8 Å². The number of esters is 1. The highest BCUT2D eigenvalue weighted by Crippen LogP contribution is 2.44. The fourth-order valence-electron chi connectivity index (χ4n) is 5.99. The minimum absolute atomic E-state index is 0.117. The number of methoxy groups -OCH3 is 2. The van der Waals surface area contributed by atoms with Gasteiger partial charge in [0, 0.05) is 31.5 Å². The molecule has 2 aliphatic rings. The van der Waals surface area contributed by atoms with Crippen LogP contribution in [0.4, 0.5) is 4.79 Å². The molecule has 4 rings (SSSR count). The number of nitrogens with one attached hydrogen (secondary N) is 1. The van der Waals surface area contributed by atoms with Crippen LogP contribution in [-0.4, -0.2) is 56.4 Å². The fraction of sp³-hybridized carbons (Fsp3) is 0.562. The van der Waals surface area contributed by atoms with Gasteiger partial charge in [0.25, 0.3) is 0 Å². The van der Waals surface area contributed by atoms with Crippen molar-refractivity contribution in [2.24, 2.45) is 17.8 Å². The lowest BCUT2D eigenvalue weighted by molar-refractivity contribution is -0.161. The lowest BCUT2D eigenvalue weighted by Gasteiger charge is -2.47. The maximum atomic E-state index is 13.5. The molecule has 218 valence electrons. The predicted octanol–water partition coefficient (Wildman–Crippen LogP) is 5.53. The molecule has 2 aromatic rings. The molecular weight excluding hydrogens is 508 g/mol. The van der Waals surface area contributed by atoms with Crippen molar-refractivity contribution in [2.45, 2.75) is 71.8 Å². The van der Waals surface area contributed by atoms with Gasteiger partial charge in [-0.1, -0.05) is 58.0 Å². The molecule has 0 aromatic heterocycles. The molecule has 1 saturated heterocycles. The Morgan fingerprint density at radius 2 is 1.73 bits per heavy atom. The Balaban J connectivity index is 1.49. The minimum atomic E-state index is -0.802. The number of rotatable bonds is 10. The van der Waals surface area contributed by atoms with Gasteiger partial charge in [-0.15, -0.1) is 0 Å². The number of carbonyl (C=O) groups is 2. The highest BCUT2D eigenvalue weighted by Gasteiger charge is 2.42. The van der Waals surface area contributed by atoms with Gasteiger partial charge < -0.3 is 24.3 Å². The molecule has 2 heterocycles. The van der Waals surface area contributed by atoms with Crippen molar-refractivity contribution in [3.63, 3.8) is 0 Å². The van der Waals surface area contributed by atoms with Crippen molar-refractivity contribution in [3.8, 4) is 11.5 Å². The van der Waals surface area contributed by atoms with Gasteiger partial charge in [0.1, 0.15) is 18.8 Å². The number of piperidine rings is 1. The summed E-state index contributed by atoms with van der Waals surface area (Å²) in [6.45, 7) is 10.1. The SMILES string of the molecule is COc1cc2c(cc1OC)[C@H]1CC(OC(=O)[C@H](NC(=O)OCc3ccccc3)C(C)C)[C@H](CC(C)C)CN1CC2. The summed E-state index contributed by atoms with van der Waals surface area (Å²) < 4.78 is 22.8. The summed E-state index contributed by atoms with van der Waals surface area (Å²) >= 11 is 0. The lowest BCUT2D eigenvalue weighted by atomic mass is 9.79. The summed E-state index contributed by atoms with van der Waals surface area (Å²) in [5, 5.41) is 2.75. The smallest absolute Gasteiger partial charge is 0.408 e. The predicted molar refractivity (Wildman–Crippen MR) is 153 cm³/mol. The number of amides is 1. The van der Waals surface area contributed by atoms with Gasteiger partial charge in [-0.05, 0) is 53.5 Å². The van der Waals surface area contributed by atoms with Crippen molar-refractivity contribution in [1.82, 2.24) is 10.2 Å². The van der Waals surface area contributed by atoms with E-state index in [9.17, 15) is 9.59 Å². The first kappa shape index (κ1) is 29.7. The Morgan fingerprint density at radius 3 is 2.38 bits per heavy atom. The van der Waals surface area contributed by atoms with Gasteiger partial charge in [0.05, 0.1) is 14.2 Å². The Labute approximate surface area is 238 Å². The van der Waals surface area contributed by atoms with E-state index in [2.05, 4.69) is 36.2 Å². The number of carbonyl (C=O) groups excluding carboxylic acids is 2. The zero-order valence-electron chi connectivity index (χ0n) is 24.6. The topological polar surface area (TPSA) is 86.3 Å². The Hall–Kier alpha value is -3.26. The van der Waals surface area contributed by atoms with Gasteiger partial charge in [0.15, 0.2) is 11.5 Å². The molecule has 0 bridgehead atoms. The highest BCUT2D eigenvalue weighted by molar-refractivity contribution is 5.81. The Kier molecular flexibility index (Phi) is 9.95. The minimum Gasteiger partial charge on any atom is -0.493 e. The monoisotopic (exact) mass is 552 g/mol. The summed E-state index contributed by atoms with van der Waals surface area (Å²) in [7, 11) is 3.31. The largest absolute Gasteiger partial charge is 0.493 e. The Morgan fingerprint density at radius 1 is 1.02 bits per heavy atom. The zero-order valence-corrected chi connectivity index (χ0v) is 24.6. The summed E-state index contributed by atoms with van der Waals surface area (Å²) in [5.74, 6) is 1.54. The summed E-state index contributed by atoms with van der Waals surface area (Å²) in [5.41, 5.74) is 3.33. The molecule has 1 unspecified atom stereocenters. The zero-order chi connectivity index (χ0) is 28.8. The van der Waals surface area contributed by atoms with Crippen molar-refractivity contribution in [3.05, 3.63) is 59.2 Å². The van der Waals surface area contributed by atoms with Crippen LogP contribution >= 0.6 is 0 Å². The summed E-state index contributed by atoms with van der Waals surface area (Å²) in [6.07, 6.45) is 1.69. The van der Waals surface area contributed by atoms with E-state index in [1.54, 1.807) is 14.2 Å². The highest BCUT2D eigenvalue weighted by atomic mass is 16.6. The van der Waals surface area contributed by atoms with E-state index >= 15 is 0 Å². The van der Waals surface area contributed by atoms with Crippen molar-refractivity contribution in [2.75, 3.05) is 27.3 Å². The Bertz CT molecular complexity index is 1150. The lowest BCUT2D eigenvalue weighted by Crippen LogP contribution is -2.52. The molecule has 1 amide bonds. The van der Waals surface area contributed by atoms with Crippen molar-refractivity contribution in [1.29, 1.82) is 0 Å². The van der Waals surface area contributed by atoms with Gasteiger partial charge >= 0.3 is 12.1 Å². The van der Waals surface area contributed by atoms with Crippen LogP contribution in [-0.2, 0) is 27.3 Å². The normalized spacial score (nSPS) is 21.2. The molecule has 8 heteroatoms. The molecular formula is C32H44N2O6. The van der Waals surface area contributed by atoms with E-state index < -0.39 is 18.1 Å². The van der Waals surface area contributed by atoms with Crippen molar-refractivity contribution >= 4 is 12.1 Å². The van der Waals surface area contributed by atoms with E-state index in [-0.39, 0.29) is 30.6 Å². The molecule has 1 N–H and O–H groups in total. The van der Waals surface area contributed by atoms with E-state index in [1.165, 1.54) is 11.1 Å². The first-order valence-electron chi connectivity index (χ1n) is 14.4. The maximum absolute atomic E-state index is 13.5. The molecule has 0 radical (unpaired) electrons. The molecule has 2 aliphatic heterocycles. The van der Waals surface area contributed by atoms with Crippen LogP contribution in [0.5, 0.6) is 11.5 Å². The quantitative estimate of drug-likeness (QED) is 0.388.